The van der Waals surface area contributed by atoms with Gasteiger partial charge in [0.1, 0.15) is 0 Å². The van der Waals surface area contributed by atoms with Crippen LogP contribution in [-0.4, -0.2) is 30.9 Å². The van der Waals surface area contributed by atoms with Crippen molar-refractivity contribution in [1.29, 1.82) is 0 Å². The average Bonchev–Trinajstić information content (AvgIpc) is 3.12. The maximum absolute atomic E-state index is 6.34. The molecule has 1 saturated carbocycles. The van der Waals surface area contributed by atoms with Gasteiger partial charge in [-0.05, 0) is 56.1 Å². The number of nitrogens with one attached hydrogen (secondary N) is 1. The van der Waals surface area contributed by atoms with E-state index in [4.69, 9.17) is 9.47 Å². The van der Waals surface area contributed by atoms with Crippen molar-refractivity contribution in [2.75, 3.05) is 6.61 Å². The molecular weight excluding hydrogens is 346 g/mol. The molecule has 2 aliphatic rings. The third-order valence-electron chi connectivity index (χ3n) is 6.30. The summed E-state index contributed by atoms with van der Waals surface area (Å²) in [5.41, 5.74) is 2.72. The monoisotopic (exact) mass is 379 g/mol. The Kier molecular flexibility index (Phi) is 6.79. The third-order valence-corrected chi connectivity index (χ3v) is 6.30. The second kappa shape index (κ2) is 9.69. The predicted molar refractivity (Wildman–Crippen MR) is 113 cm³/mol. The van der Waals surface area contributed by atoms with Crippen LogP contribution in [-0.2, 0) is 16.1 Å². The molecule has 1 aliphatic heterocycles. The lowest BCUT2D eigenvalue weighted by Gasteiger charge is -2.30. The molecule has 3 atom stereocenters. The average molecular weight is 380 g/mol. The highest BCUT2D eigenvalue weighted by molar-refractivity contribution is 5.20. The number of ether oxygens (including phenoxy) is 2. The molecule has 0 amide bonds. The highest BCUT2D eigenvalue weighted by Gasteiger charge is 2.33. The van der Waals surface area contributed by atoms with E-state index in [1.165, 1.54) is 24.0 Å². The molecule has 1 unspecified atom stereocenters. The quantitative estimate of drug-likeness (QED) is 0.729. The maximum Gasteiger partial charge on any atom is 0.0769 e. The molecule has 150 valence electrons. The van der Waals surface area contributed by atoms with Crippen LogP contribution < -0.4 is 5.32 Å². The molecule has 0 spiro atoms. The second-order valence-electron chi connectivity index (χ2n) is 8.46. The fourth-order valence-electron chi connectivity index (χ4n) is 4.70. The second-order valence-corrected chi connectivity index (χ2v) is 8.46. The van der Waals surface area contributed by atoms with Crippen LogP contribution in [0.2, 0.25) is 0 Å². The SMILES string of the molecule is C[C@@H]1CC(OCc2ccccc2)[C@H](CO[C@H]2CC[C@@H](c3ccccc3)CC2)N1. The van der Waals surface area contributed by atoms with Crippen molar-refractivity contribution in [2.24, 2.45) is 0 Å². The molecule has 1 aliphatic carbocycles. The minimum Gasteiger partial charge on any atom is -0.376 e. The number of benzene rings is 2. The van der Waals surface area contributed by atoms with Crippen molar-refractivity contribution in [1.82, 2.24) is 5.32 Å². The van der Waals surface area contributed by atoms with Crippen molar-refractivity contribution < 1.29 is 9.47 Å². The van der Waals surface area contributed by atoms with E-state index in [1.807, 2.05) is 6.07 Å². The van der Waals surface area contributed by atoms with E-state index in [0.717, 1.165) is 25.9 Å². The highest BCUT2D eigenvalue weighted by atomic mass is 16.5. The minimum absolute atomic E-state index is 0.232. The minimum atomic E-state index is 0.232. The smallest absolute Gasteiger partial charge is 0.0769 e. The first-order chi connectivity index (χ1) is 13.8. The molecule has 1 saturated heterocycles. The van der Waals surface area contributed by atoms with Gasteiger partial charge in [-0.25, -0.2) is 0 Å². The first-order valence-corrected chi connectivity index (χ1v) is 10.9. The van der Waals surface area contributed by atoms with Crippen molar-refractivity contribution in [3.63, 3.8) is 0 Å². The Hall–Kier alpha value is -1.68. The van der Waals surface area contributed by atoms with Gasteiger partial charge in [-0.3, -0.25) is 0 Å². The zero-order valence-electron chi connectivity index (χ0n) is 16.9. The molecule has 0 radical (unpaired) electrons. The standard InChI is InChI=1S/C25H33NO2/c1-19-16-25(28-17-20-8-4-2-5-9-20)24(26-19)18-27-23-14-12-22(13-15-23)21-10-6-3-7-11-21/h2-11,19,22-26H,12-18H2,1H3/t19-,22-,23+,24+,25?/m1/s1. The number of hydrogen-bond donors (Lipinski definition) is 1. The van der Waals surface area contributed by atoms with E-state index in [1.54, 1.807) is 0 Å². The van der Waals surface area contributed by atoms with Crippen LogP contribution in [0.25, 0.3) is 0 Å². The summed E-state index contributed by atoms with van der Waals surface area (Å²) >= 11 is 0. The van der Waals surface area contributed by atoms with Crippen molar-refractivity contribution in [2.45, 2.75) is 75.8 Å². The van der Waals surface area contributed by atoms with Crippen molar-refractivity contribution in [3.05, 3.63) is 71.8 Å². The molecule has 1 N–H and O–H groups in total. The third kappa shape index (κ3) is 5.22. The van der Waals surface area contributed by atoms with Crippen LogP contribution in [0.15, 0.2) is 60.7 Å². The van der Waals surface area contributed by atoms with E-state index in [2.05, 4.69) is 66.8 Å². The van der Waals surface area contributed by atoms with Gasteiger partial charge in [0.05, 0.1) is 31.5 Å². The zero-order valence-corrected chi connectivity index (χ0v) is 16.9. The molecule has 3 nitrogen and oxygen atoms in total. The van der Waals surface area contributed by atoms with Gasteiger partial charge in [-0.15, -0.1) is 0 Å². The summed E-state index contributed by atoms with van der Waals surface area (Å²) in [6.45, 7) is 3.67. The predicted octanol–water partition coefficient (Wildman–Crippen LogP) is 5.07. The topological polar surface area (TPSA) is 30.5 Å². The summed E-state index contributed by atoms with van der Waals surface area (Å²) in [5.74, 6) is 0.702. The van der Waals surface area contributed by atoms with Gasteiger partial charge in [0.25, 0.3) is 0 Å². The lowest BCUT2D eigenvalue weighted by atomic mass is 9.83. The van der Waals surface area contributed by atoms with Gasteiger partial charge in [0.15, 0.2) is 0 Å². The van der Waals surface area contributed by atoms with E-state index in [0.29, 0.717) is 30.7 Å². The molecule has 3 heteroatoms. The Balaban J connectivity index is 1.22. The fraction of sp³-hybridized carbons (Fsp3) is 0.520. The van der Waals surface area contributed by atoms with Crippen LogP contribution >= 0.6 is 0 Å². The Labute approximate surface area is 169 Å². The summed E-state index contributed by atoms with van der Waals surface area (Å²) in [5, 5.41) is 3.66. The number of rotatable bonds is 7. The largest absolute Gasteiger partial charge is 0.376 e. The summed E-state index contributed by atoms with van der Waals surface area (Å²) < 4.78 is 12.6. The zero-order chi connectivity index (χ0) is 19.2. The molecule has 28 heavy (non-hydrogen) atoms. The van der Waals surface area contributed by atoms with Crippen molar-refractivity contribution in [3.8, 4) is 0 Å². The Bertz CT molecular complexity index is 697. The van der Waals surface area contributed by atoms with Gasteiger partial charge < -0.3 is 14.8 Å². The van der Waals surface area contributed by atoms with Crippen molar-refractivity contribution >= 4 is 0 Å². The maximum atomic E-state index is 6.34. The van der Waals surface area contributed by atoms with Gasteiger partial charge >= 0.3 is 0 Å². The number of hydrogen-bond acceptors (Lipinski definition) is 3. The molecule has 0 aromatic heterocycles. The van der Waals surface area contributed by atoms with E-state index in [9.17, 15) is 0 Å². The normalized spacial score (nSPS) is 30.4. The molecule has 1 heterocycles. The summed E-state index contributed by atoms with van der Waals surface area (Å²) in [6.07, 6.45) is 6.48. The Morgan fingerprint density at radius 1 is 0.857 bits per heavy atom. The van der Waals surface area contributed by atoms with Crippen LogP contribution in [0.1, 0.15) is 56.1 Å². The molecule has 0 bridgehead atoms. The summed E-state index contributed by atoms with van der Waals surface area (Å²) in [4.78, 5) is 0. The van der Waals surface area contributed by atoms with Crippen LogP contribution in [0.3, 0.4) is 0 Å². The fourth-order valence-corrected chi connectivity index (χ4v) is 4.70. The molecule has 2 fully saturated rings. The Morgan fingerprint density at radius 2 is 1.54 bits per heavy atom. The van der Waals surface area contributed by atoms with Crippen LogP contribution in [0, 0.1) is 0 Å². The van der Waals surface area contributed by atoms with E-state index in [-0.39, 0.29) is 6.10 Å². The summed E-state index contributed by atoms with van der Waals surface area (Å²) in [6, 6.07) is 22.2. The van der Waals surface area contributed by atoms with E-state index < -0.39 is 0 Å². The lowest BCUT2D eigenvalue weighted by Crippen LogP contribution is -2.39. The molecule has 4 rings (SSSR count). The van der Waals surface area contributed by atoms with Gasteiger partial charge in [-0.1, -0.05) is 60.7 Å². The van der Waals surface area contributed by atoms with Crippen LogP contribution in [0.4, 0.5) is 0 Å². The van der Waals surface area contributed by atoms with Gasteiger partial charge in [-0.2, -0.15) is 0 Å². The Morgan fingerprint density at radius 3 is 2.25 bits per heavy atom. The van der Waals surface area contributed by atoms with Gasteiger partial charge in [0.2, 0.25) is 0 Å². The lowest BCUT2D eigenvalue weighted by molar-refractivity contribution is -0.0264. The molecule has 2 aromatic rings. The highest BCUT2D eigenvalue weighted by Crippen LogP contribution is 2.34. The van der Waals surface area contributed by atoms with Gasteiger partial charge in [0, 0.05) is 6.04 Å². The van der Waals surface area contributed by atoms with E-state index >= 15 is 0 Å². The summed E-state index contributed by atoms with van der Waals surface area (Å²) in [7, 11) is 0. The molecular formula is C25H33NO2. The first kappa shape index (κ1) is 19.6. The van der Waals surface area contributed by atoms with Crippen LogP contribution in [0.5, 0.6) is 0 Å². The molecule has 2 aromatic carbocycles. The first-order valence-electron chi connectivity index (χ1n) is 10.9.